The molecule has 1 fully saturated rings. The van der Waals surface area contributed by atoms with E-state index < -0.39 is 28.0 Å². The van der Waals surface area contributed by atoms with Gasteiger partial charge >= 0.3 is 5.97 Å². The minimum Gasteiger partial charge on any atom is -0.481 e. The average Bonchev–Trinajstić information content (AvgIpc) is 2.86. The van der Waals surface area contributed by atoms with Gasteiger partial charge in [-0.25, -0.2) is 8.42 Å². The van der Waals surface area contributed by atoms with Crippen molar-refractivity contribution in [3.8, 4) is 0 Å². The normalized spacial score (nSPS) is 23.4. The van der Waals surface area contributed by atoms with Crippen LogP contribution >= 0.6 is 11.6 Å². The summed E-state index contributed by atoms with van der Waals surface area (Å²) in [5, 5.41) is 9.38. The number of hydrogen-bond acceptors (Lipinski definition) is 3. The van der Waals surface area contributed by atoms with Gasteiger partial charge < -0.3 is 5.11 Å². The van der Waals surface area contributed by atoms with E-state index in [1.807, 2.05) is 0 Å². The zero-order chi connectivity index (χ0) is 15.8. The number of benzene rings is 1. The predicted octanol–water partition coefficient (Wildman–Crippen LogP) is 2.52. The Bertz CT molecular complexity index is 659. The van der Waals surface area contributed by atoms with E-state index in [-0.39, 0.29) is 16.5 Å². The average molecular weight is 332 g/mol. The Morgan fingerprint density at radius 1 is 1.48 bits per heavy atom. The van der Waals surface area contributed by atoms with Crippen LogP contribution in [0.1, 0.15) is 25.3 Å². The Balaban J connectivity index is 2.44. The first-order valence-electron chi connectivity index (χ1n) is 6.79. The molecule has 0 amide bonds. The summed E-state index contributed by atoms with van der Waals surface area (Å²) in [7, 11) is -3.78. The van der Waals surface area contributed by atoms with Gasteiger partial charge in [0.25, 0.3) is 0 Å². The number of aryl methyl sites for hydroxylation is 1. The second-order valence-corrected chi connectivity index (χ2v) is 7.52. The topological polar surface area (TPSA) is 74.7 Å². The van der Waals surface area contributed by atoms with Crippen molar-refractivity contribution in [2.24, 2.45) is 5.92 Å². The lowest BCUT2D eigenvalue weighted by molar-refractivity contribution is -0.142. The fraction of sp³-hybridized carbons (Fsp3) is 0.500. The van der Waals surface area contributed by atoms with E-state index in [0.717, 1.165) is 5.56 Å². The SMILES string of the molecule is CCC1C(C(=O)O)CCN1S(=O)(=O)c1cc(C)ccc1Cl. The van der Waals surface area contributed by atoms with Gasteiger partial charge in [0.1, 0.15) is 4.90 Å². The summed E-state index contributed by atoms with van der Waals surface area (Å²) in [5.41, 5.74) is 0.792. The molecule has 0 aliphatic carbocycles. The van der Waals surface area contributed by atoms with E-state index in [1.54, 1.807) is 26.0 Å². The molecule has 0 aromatic heterocycles. The number of carboxylic acid groups (broad SMARTS) is 1. The van der Waals surface area contributed by atoms with Crippen LogP contribution in [-0.4, -0.2) is 36.4 Å². The van der Waals surface area contributed by atoms with Crippen molar-refractivity contribution >= 4 is 27.6 Å². The highest BCUT2D eigenvalue weighted by molar-refractivity contribution is 7.89. The molecule has 116 valence electrons. The molecule has 0 bridgehead atoms. The second kappa shape index (κ2) is 5.94. The summed E-state index contributed by atoms with van der Waals surface area (Å²) in [5.74, 6) is -1.61. The van der Waals surface area contributed by atoms with E-state index in [1.165, 1.54) is 10.4 Å². The number of nitrogens with zero attached hydrogens (tertiary/aromatic N) is 1. The van der Waals surface area contributed by atoms with Crippen molar-refractivity contribution < 1.29 is 18.3 Å². The van der Waals surface area contributed by atoms with Crippen molar-refractivity contribution in [2.75, 3.05) is 6.54 Å². The minimum absolute atomic E-state index is 0.0497. The van der Waals surface area contributed by atoms with Gasteiger partial charge in [-0.3, -0.25) is 4.79 Å². The second-order valence-electron chi connectivity index (χ2n) is 5.26. The molecule has 1 aromatic carbocycles. The van der Waals surface area contributed by atoms with Gasteiger partial charge in [0.2, 0.25) is 10.0 Å². The molecular formula is C14H18ClNO4S. The van der Waals surface area contributed by atoms with Crippen molar-refractivity contribution in [1.82, 2.24) is 4.31 Å². The molecule has 2 atom stereocenters. The molecule has 0 saturated carbocycles. The van der Waals surface area contributed by atoms with Crippen LogP contribution in [0.25, 0.3) is 0 Å². The van der Waals surface area contributed by atoms with Crippen molar-refractivity contribution in [2.45, 2.75) is 37.6 Å². The summed E-state index contributed by atoms with van der Waals surface area (Å²) < 4.78 is 26.9. The highest BCUT2D eigenvalue weighted by Gasteiger charge is 2.44. The largest absolute Gasteiger partial charge is 0.481 e. The number of carboxylic acids is 1. The molecule has 1 heterocycles. The number of rotatable bonds is 4. The maximum atomic E-state index is 12.8. The van der Waals surface area contributed by atoms with Gasteiger partial charge in [-0.05, 0) is 37.5 Å². The van der Waals surface area contributed by atoms with Crippen molar-refractivity contribution in [1.29, 1.82) is 0 Å². The Labute approximate surface area is 129 Å². The van der Waals surface area contributed by atoms with E-state index in [9.17, 15) is 18.3 Å². The van der Waals surface area contributed by atoms with Gasteiger partial charge in [0.15, 0.2) is 0 Å². The molecule has 7 heteroatoms. The molecule has 1 N–H and O–H groups in total. The molecule has 0 radical (unpaired) electrons. The monoisotopic (exact) mass is 331 g/mol. The third-order valence-corrected chi connectivity index (χ3v) is 6.31. The number of sulfonamides is 1. The number of halogens is 1. The number of hydrogen-bond donors (Lipinski definition) is 1. The maximum Gasteiger partial charge on any atom is 0.308 e. The smallest absolute Gasteiger partial charge is 0.308 e. The Morgan fingerprint density at radius 2 is 2.14 bits per heavy atom. The van der Waals surface area contributed by atoms with Gasteiger partial charge in [-0.15, -0.1) is 0 Å². The first kappa shape index (κ1) is 16.3. The quantitative estimate of drug-likeness (QED) is 0.920. The number of carbonyl (C=O) groups is 1. The van der Waals surface area contributed by atoms with Crippen LogP contribution in [0.4, 0.5) is 0 Å². The van der Waals surface area contributed by atoms with Gasteiger partial charge in [0, 0.05) is 12.6 Å². The maximum absolute atomic E-state index is 12.8. The zero-order valence-electron chi connectivity index (χ0n) is 11.9. The third kappa shape index (κ3) is 2.93. The Hall–Kier alpha value is -1.11. The van der Waals surface area contributed by atoms with Crippen LogP contribution < -0.4 is 0 Å². The van der Waals surface area contributed by atoms with Gasteiger partial charge in [0.05, 0.1) is 10.9 Å². The van der Waals surface area contributed by atoms with Gasteiger partial charge in [-0.2, -0.15) is 4.31 Å². The van der Waals surface area contributed by atoms with Crippen LogP contribution in [0.2, 0.25) is 5.02 Å². The predicted molar refractivity (Wildman–Crippen MR) is 79.9 cm³/mol. The van der Waals surface area contributed by atoms with E-state index in [4.69, 9.17) is 11.6 Å². The molecule has 1 aliphatic rings. The zero-order valence-corrected chi connectivity index (χ0v) is 13.5. The molecule has 2 rings (SSSR count). The van der Waals surface area contributed by atoms with Crippen molar-refractivity contribution in [3.05, 3.63) is 28.8 Å². The van der Waals surface area contributed by atoms with Crippen LogP contribution in [0.15, 0.2) is 23.1 Å². The summed E-state index contributed by atoms with van der Waals surface area (Å²) in [6.45, 7) is 3.80. The molecule has 1 aromatic rings. The molecular weight excluding hydrogens is 314 g/mol. The van der Waals surface area contributed by atoms with Crippen LogP contribution in [0.3, 0.4) is 0 Å². The molecule has 5 nitrogen and oxygen atoms in total. The fourth-order valence-electron chi connectivity index (χ4n) is 2.83. The first-order valence-corrected chi connectivity index (χ1v) is 8.61. The summed E-state index contributed by atoms with van der Waals surface area (Å²) in [6.07, 6.45) is 0.788. The highest BCUT2D eigenvalue weighted by atomic mass is 35.5. The molecule has 1 saturated heterocycles. The van der Waals surface area contributed by atoms with E-state index in [2.05, 4.69) is 0 Å². The van der Waals surface area contributed by atoms with Crippen LogP contribution in [0.5, 0.6) is 0 Å². The molecule has 21 heavy (non-hydrogen) atoms. The fourth-order valence-corrected chi connectivity index (χ4v) is 5.14. The van der Waals surface area contributed by atoms with Crippen LogP contribution in [0, 0.1) is 12.8 Å². The molecule has 1 aliphatic heterocycles. The first-order chi connectivity index (χ1) is 9.78. The van der Waals surface area contributed by atoms with E-state index in [0.29, 0.717) is 12.8 Å². The number of aliphatic carboxylic acids is 1. The summed E-state index contributed by atoms with van der Waals surface area (Å²) in [6, 6.07) is 4.29. The minimum atomic E-state index is -3.78. The molecule has 0 spiro atoms. The van der Waals surface area contributed by atoms with E-state index >= 15 is 0 Å². The Morgan fingerprint density at radius 3 is 2.71 bits per heavy atom. The van der Waals surface area contributed by atoms with Crippen molar-refractivity contribution in [3.63, 3.8) is 0 Å². The van der Waals surface area contributed by atoms with Crippen LogP contribution in [-0.2, 0) is 14.8 Å². The highest BCUT2D eigenvalue weighted by Crippen LogP contribution is 2.34. The lowest BCUT2D eigenvalue weighted by Gasteiger charge is -2.25. The lowest BCUT2D eigenvalue weighted by atomic mass is 9.99. The lowest BCUT2D eigenvalue weighted by Crippen LogP contribution is -2.39. The molecule has 2 unspecified atom stereocenters. The third-order valence-electron chi connectivity index (χ3n) is 3.90. The van der Waals surface area contributed by atoms with Gasteiger partial charge in [-0.1, -0.05) is 24.6 Å². The standard InChI is InChI=1S/C14H18ClNO4S/c1-3-12-10(14(17)18)6-7-16(12)21(19,20)13-8-9(2)4-5-11(13)15/h4-5,8,10,12H,3,6-7H2,1-2H3,(H,17,18). The summed E-state index contributed by atoms with van der Waals surface area (Å²) >= 11 is 6.03. The summed E-state index contributed by atoms with van der Waals surface area (Å²) in [4.78, 5) is 11.3. The Kier molecular flexibility index (Phi) is 4.60.